The van der Waals surface area contributed by atoms with Crippen molar-refractivity contribution in [2.24, 2.45) is 0 Å². The fourth-order valence-corrected chi connectivity index (χ4v) is 1.66. The van der Waals surface area contributed by atoms with Crippen LogP contribution in [0.15, 0.2) is 0 Å². The molecule has 0 aliphatic carbocycles. The second kappa shape index (κ2) is 6.48. The Morgan fingerprint density at radius 1 is 1.56 bits per heavy atom. The first-order valence-corrected chi connectivity index (χ1v) is 5.66. The minimum absolute atomic E-state index is 0.117. The predicted octanol–water partition coefficient (Wildman–Crippen LogP) is 0.623. The number of nitrogens with one attached hydrogen (secondary N) is 1. The first kappa shape index (κ1) is 13.0. The highest BCUT2D eigenvalue weighted by atomic mass is 16.5. The molecule has 0 aromatic heterocycles. The van der Waals surface area contributed by atoms with Gasteiger partial charge < -0.3 is 14.8 Å². The fraction of sp³-hybridized carbons (Fsp3) is 0.818. The molecule has 0 radical (unpaired) electrons. The molecule has 1 rings (SSSR count). The molecule has 1 N–H and O–H groups in total. The third-order valence-electron chi connectivity index (χ3n) is 2.70. The van der Waals surface area contributed by atoms with Crippen LogP contribution in [0.5, 0.6) is 0 Å². The van der Waals surface area contributed by atoms with Crippen molar-refractivity contribution in [3.63, 3.8) is 0 Å². The molecule has 5 nitrogen and oxygen atoms in total. The maximum absolute atomic E-state index is 11.7. The van der Waals surface area contributed by atoms with Crippen LogP contribution in [-0.4, -0.2) is 37.7 Å². The van der Waals surface area contributed by atoms with Gasteiger partial charge in [0.25, 0.3) is 0 Å². The lowest BCUT2D eigenvalue weighted by Crippen LogP contribution is -2.42. The molecule has 1 heterocycles. The second-order valence-electron chi connectivity index (χ2n) is 3.90. The Hall–Kier alpha value is -1.10. The van der Waals surface area contributed by atoms with E-state index in [9.17, 15) is 9.59 Å². The third kappa shape index (κ3) is 3.81. The van der Waals surface area contributed by atoms with Crippen LogP contribution in [0.2, 0.25) is 0 Å². The van der Waals surface area contributed by atoms with Gasteiger partial charge in [0.1, 0.15) is 6.10 Å². The van der Waals surface area contributed by atoms with Crippen LogP contribution in [-0.2, 0) is 19.1 Å². The number of esters is 1. The summed E-state index contributed by atoms with van der Waals surface area (Å²) in [5, 5.41) is 2.81. The maximum atomic E-state index is 11.7. The van der Waals surface area contributed by atoms with Gasteiger partial charge in [0, 0.05) is 12.6 Å². The van der Waals surface area contributed by atoms with E-state index >= 15 is 0 Å². The fourth-order valence-electron chi connectivity index (χ4n) is 1.66. The van der Waals surface area contributed by atoms with Crippen LogP contribution in [0, 0.1) is 0 Å². The van der Waals surface area contributed by atoms with E-state index in [4.69, 9.17) is 4.74 Å². The smallest absolute Gasteiger partial charge is 0.307 e. The summed E-state index contributed by atoms with van der Waals surface area (Å²) in [6.45, 7) is 2.56. The van der Waals surface area contributed by atoms with Crippen LogP contribution in [0.25, 0.3) is 0 Å². The molecule has 16 heavy (non-hydrogen) atoms. The van der Waals surface area contributed by atoms with Crippen molar-refractivity contribution in [1.29, 1.82) is 0 Å². The lowest BCUT2D eigenvalue weighted by Gasteiger charge is -2.18. The summed E-state index contributed by atoms with van der Waals surface area (Å²) >= 11 is 0. The van der Waals surface area contributed by atoms with Gasteiger partial charge >= 0.3 is 5.97 Å². The molecule has 5 heteroatoms. The van der Waals surface area contributed by atoms with E-state index in [1.54, 1.807) is 0 Å². The number of hydrogen-bond acceptors (Lipinski definition) is 4. The van der Waals surface area contributed by atoms with Gasteiger partial charge in [-0.15, -0.1) is 0 Å². The number of carbonyl (C=O) groups excluding carboxylic acids is 2. The molecule has 1 aliphatic rings. The molecule has 1 aliphatic heterocycles. The SMILES string of the molecule is CCC(CC(=O)OC)NC(=O)C1CCCO1. The molecule has 92 valence electrons. The van der Waals surface area contributed by atoms with Gasteiger partial charge in [0.05, 0.1) is 13.5 Å². The Morgan fingerprint density at radius 3 is 2.81 bits per heavy atom. The summed E-state index contributed by atoms with van der Waals surface area (Å²) in [7, 11) is 1.34. The van der Waals surface area contributed by atoms with Crippen LogP contribution < -0.4 is 5.32 Å². The highest BCUT2D eigenvalue weighted by Gasteiger charge is 2.25. The zero-order chi connectivity index (χ0) is 12.0. The molecule has 0 saturated carbocycles. The third-order valence-corrected chi connectivity index (χ3v) is 2.70. The van der Waals surface area contributed by atoms with Gasteiger partial charge in [-0.25, -0.2) is 0 Å². The number of methoxy groups -OCH3 is 1. The molecule has 1 fully saturated rings. The summed E-state index contributed by atoms with van der Waals surface area (Å²) in [5.41, 5.74) is 0. The van der Waals surface area contributed by atoms with Gasteiger partial charge in [-0.3, -0.25) is 9.59 Å². The summed E-state index contributed by atoms with van der Waals surface area (Å²) < 4.78 is 9.83. The minimum atomic E-state index is -0.341. The zero-order valence-corrected chi connectivity index (χ0v) is 9.82. The van der Waals surface area contributed by atoms with Crippen LogP contribution >= 0.6 is 0 Å². The van der Waals surface area contributed by atoms with Crippen molar-refractivity contribution >= 4 is 11.9 Å². The topological polar surface area (TPSA) is 64.6 Å². The minimum Gasteiger partial charge on any atom is -0.469 e. The second-order valence-corrected chi connectivity index (χ2v) is 3.90. The Morgan fingerprint density at radius 2 is 2.31 bits per heavy atom. The summed E-state index contributed by atoms with van der Waals surface area (Å²) in [6, 6.07) is -0.163. The number of ether oxygens (including phenoxy) is 2. The molecule has 1 saturated heterocycles. The van der Waals surface area contributed by atoms with E-state index in [-0.39, 0.29) is 30.4 Å². The highest BCUT2D eigenvalue weighted by Crippen LogP contribution is 2.12. The van der Waals surface area contributed by atoms with Crippen molar-refractivity contribution in [2.45, 2.75) is 44.8 Å². The number of hydrogen-bond donors (Lipinski definition) is 1. The number of rotatable bonds is 5. The Bertz CT molecular complexity index is 248. The lowest BCUT2D eigenvalue weighted by molar-refractivity contribution is -0.141. The van der Waals surface area contributed by atoms with Crippen LogP contribution in [0.3, 0.4) is 0 Å². The van der Waals surface area contributed by atoms with Gasteiger partial charge in [-0.2, -0.15) is 0 Å². The molecular weight excluding hydrogens is 210 g/mol. The summed E-state index contributed by atoms with van der Waals surface area (Å²) in [4.78, 5) is 22.8. The summed E-state index contributed by atoms with van der Waals surface area (Å²) in [6.07, 6.45) is 2.26. The average Bonchev–Trinajstić information content (AvgIpc) is 2.81. The average molecular weight is 229 g/mol. The van der Waals surface area contributed by atoms with E-state index in [2.05, 4.69) is 10.1 Å². The standard InChI is InChI=1S/C11H19NO4/c1-3-8(7-10(13)15-2)12-11(14)9-5-4-6-16-9/h8-9H,3-7H2,1-2H3,(H,12,14). The Balaban J connectivity index is 2.36. The summed E-state index contributed by atoms with van der Waals surface area (Å²) in [5.74, 6) is -0.423. The van der Waals surface area contributed by atoms with Gasteiger partial charge in [0.15, 0.2) is 0 Å². The maximum Gasteiger partial charge on any atom is 0.307 e. The Kier molecular flexibility index (Phi) is 5.25. The molecule has 2 unspecified atom stereocenters. The normalized spacial score (nSPS) is 21.5. The van der Waals surface area contributed by atoms with E-state index < -0.39 is 0 Å². The van der Waals surface area contributed by atoms with E-state index in [1.165, 1.54) is 7.11 Å². The molecule has 0 aromatic rings. The van der Waals surface area contributed by atoms with E-state index in [0.717, 1.165) is 12.8 Å². The number of carbonyl (C=O) groups is 2. The van der Waals surface area contributed by atoms with Crippen molar-refractivity contribution in [2.75, 3.05) is 13.7 Å². The van der Waals surface area contributed by atoms with Crippen LogP contribution in [0.1, 0.15) is 32.6 Å². The number of amides is 1. The largest absolute Gasteiger partial charge is 0.469 e. The van der Waals surface area contributed by atoms with Crippen molar-refractivity contribution in [1.82, 2.24) is 5.32 Å². The molecule has 2 atom stereocenters. The van der Waals surface area contributed by atoms with E-state index in [0.29, 0.717) is 13.0 Å². The zero-order valence-electron chi connectivity index (χ0n) is 9.82. The van der Waals surface area contributed by atoms with Crippen molar-refractivity contribution in [3.8, 4) is 0 Å². The monoisotopic (exact) mass is 229 g/mol. The highest BCUT2D eigenvalue weighted by molar-refractivity contribution is 5.82. The first-order chi connectivity index (χ1) is 7.67. The van der Waals surface area contributed by atoms with Gasteiger partial charge in [-0.1, -0.05) is 6.92 Å². The molecule has 1 amide bonds. The molecule has 0 bridgehead atoms. The van der Waals surface area contributed by atoms with Crippen molar-refractivity contribution < 1.29 is 19.1 Å². The predicted molar refractivity (Wildman–Crippen MR) is 57.8 cm³/mol. The van der Waals surface area contributed by atoms with Crippen molar-refractivity contribution in [3.05, 3.63) is 0 Å². The van der Waals surface area contributed by atoms with E-state index in [1.807, 2.05) is 6.92 Å². The van der Waals surface area contributed by atoms with Crippen LogP contribution in [0.4, 0.5) is 0 Å². The molecule has 0 spiro atoms. The lowest BCUT2D eigenvalue weighted by atomic mass is 10.1. The van der Waals surface area contributed by atoms with Gasteiger partial charge in [0.2, 0.25) is 5.91 Å². The quantitative estimate of drug-likeness (QED) is 0.702. The molecule has 0 aromatic carbocycles. The first-order valence-electron chi connectivity index (χ1n) is 5.66. The molecular formula is C11H19NO4. The Labute approximate surface area is 95.5 Å². The van der Waals surface area contributed by atoms with Gasteiger partial charge in [-0.05, 0) is 19.3 Å².